The molecule has 0 aliphatic carbocycles. The Hall–Kier alpha value is -2.29. The van der Waals surface area contributed by atoms with E-state index in [1.54, 1.807) is 0 Å². The van der Waals surface area contributed by atoms with E-state index in [0.29, 0.717) is 23.9 Å². The number of unbranched alkanes of at least 4 members (excludes halogenated alkanes) is 30. The van der Waals surface area contributed by atoms with Crippen LogP contribution in [0.1, 0.15) is 271 Å². The minimum Gasteiger partial charge on any atom is -0.756 e. The van der Waals surface area contributed by atoms with Gasteiger partial charge >= 0.3 is 5.97 Å². The van der Waals surface area contributed by atoms with Gasteiger partial charge in [-0.3, -0.25) is 14.2 Å². The van der Waals surface area contributed by atoms with Gasteiger partial charge in [0.1, 0.15) is 19.3 Å². The molecule has 0 aromatic carbocycles. The number of rotatable bonds is 54. The molecule has 9 nitrogen and oxygen atoms in total. The summed E-state index contributed by atoms with van der Waals surface area (Å²) in [7, 11) is 1.17. The lowest BCUT2D eigenvalue weighted by molar-refractivity contribution is -0.870. The van der Waals surface area contributed by atoms with Gasteiger partial charge in [0, 0.05) is 12.8 Å². The molecular weight excluding hydrogens is 916 g/mol. The van der Waals surface area contributed by atoms with Gasteiger partial charge in [-0.2, -0.15) is 0 Å². The molecule has 0 heterocycles. The Morgan fingerprint density at radius 2 is 0.847 bits per heavy atom. The van der Waals surface area contributed by atoms with Crippen LogP contribution in [-0.2, 0) is 27.9 Å². The SMILES string of the molecule is CCCCC/C=C\C/C=C\C/C=C\C/C=C\CCCCCC(=O)OC(/C=C/CCCCCCCCCCCCC)C(COP(=O)([O-])OCC[N+](C)(C)C)NC(=O)CCCCCCCCCCCCCCCC. The second-order valence-electron chi connectivity index (χ2n) is 21.5. The third-order valence-electron chi connectivity index (χ3n) is 13.2. The second-order valence-corrected chi connectivity index (χ2v) is 22.9. The minimum absolute atomic E-state index is 0.0277. The highest BCUT2D eigenvalue weighted by molar-refractivity contribution is 7.45. The summed E-state index contributed by atoms with van der Waals surface area (Å²) in [5, 5.41) is 3.02. The first-order valence-electron chi connectivity index (χ1n) is 30.1. The molecule has 0 aromatic rings. The Kier molecular flexibility index (Phi) is 50.5. The fourth-order valence-corrected chi connectivity index (χ4v) is 9.23. The molecule has 0 bridgehead atoms. The van der Waals surface area contributed by atoms with Crippen LogP contribution < -0.4 is 10.2 Å². The molecule has 0 aliphatic heterocycles. The number of allylic oxidation sites excluding steroid dienone is 9. The van der Waals surface area contributed by atoms with E-state index in [4.69, 9.17) is 13.8 Å². The topological polar surface area (TPSA) is 114 Å². The largest absolute Gasteiger partial charge is 0.756 e. The van der Waals surface area contributed by atoms with Crippen LogP contribution in [0.2, 0.25) is 0 Å². The summed E-state index contributed by atoms with van der Waals surface area (Å²) in [6.45, 7) is 6.81. The molecular formula is C62H115N2O7P. The van der Waals surface area contributed by atoms with Gasteiger partial charge in [-0.25, -0.2) is 0 Å². The lowest BCUT2D eigenvalue weighted by Gasteiger charge is -2.30. The van der Waals surface area contributed by atoms with Crippen molar-refractivity contribution >= 4 is 19.7 Å². The number of amides is 1. The van der Waals surface area contributed by atoms with Crippen LogP contribution in [0.15, 0.2) is 60.8 Å². The Morgan fingerprint density at radius 3 is 1.31 bits per heavy atom. The van der Waals surface area contributed by atoms with Crippen molar-refractivity contribution in [3.05, 3.63) is 60.8 Å². The number of nitrogens with one attached hydrogen (secondary N) is 1. The molecule has 0 aliphatic rings. The second kappa shape index (κ2) is 52.2. The van der Waals surface area contributed by atoms with Gasteiger partial charge in [0.15, 0.2) is 0 Å². The normalized spacial score (nSPS) is 14.2. The highest BCUT2D eigenvalue weighted by Crippen LogP contribution is 2.38. The zero-order valence-corrected chi connectivity index (χ0v) is 48.8. The van der Waals surface area contributed by atoms with Gasteiger partial charge < -0.3 is 28.5 Å². The van der Waals surface area contributed by atoms with Crippen molar-refractivity contribution < 1.29 is 37.3 Å². The molecule has 0 rings (SSSR count). The summed E-state index contributed by atoms with van der Waals surface area (Å²) in [6.07, 6.45) is 64.6. The molecule has 0 saturated heterocycles. The van der Waals surface area contributed by atoms with E-state index < -0.39 is 26.6 Å². The summed E-state index contributed by atoms with van der Waals surface area (Å²) in [4.78, 5) is 39.9. The van der Waals surface area contributed by atoms with E-state index in [-0.39, 0.29) is 24.9 Å². The first kappa shape index (κ1) is 69.7. The third-order valence-corrected chi connectivity index (χ3v) is 14.2. The fourth-order valence-electron chi connectivity index (χ4n) is 8.51. The first-order chi connectivity index (χ1) is 34.9. The number of likely N-dealkylation sites (N-methyl/N-ethyl adjacent to an activating group) is 1. The quantitative estimate of drug-likeness (QED) is 0.0212. The monoisotopic (exact) mass is 1030 g/mol. The maximum atomic E-state index is 13.5. The van der Waals surface area contributed by atoms with E-state index >= 15 is 0 Å². The van der Waals surface area contributed by atoms with Crippen molar-refractivity contribution in [2.24, 2.45) is 0 Å². The van der Waals surface area contributed by atoms with Crippen molar-refractivity contribution in [3.8, 4) is 0 Å². The average molecular weight is 1030 g/mol. The summed E-state index contributed by atoms with van der Waals surface area (Å²) >= 11 is 0. The molecule has 0 aromatic heterocycles. The van der Waals surface area contributed by atoms with Gasteiger partial charge in [-0.15, -0.1) is 0 Å². The van der Waals surface area contributed by atoms with Gasteiger partial charge in [0.2, 0.25) is 5.91 Å². The molecule has 1 amide bonds. The van der Waals surface area contributed by atoms with Gasteiger partial charge in [0.05, 0.1) is 33.8 Å². The molecule has 3 atom stereocenters. The summed E-state index contributed by atoms with van der Waals surface area (Å²) < 4.78 is 30.3. The average Bonchev–Trinajstić information content (AvgIpc) is 3.34. The predicted molar refractivity (Wildman–Crippen MR) is 307 cm³/mol. The number of carbonyl (C=O) groups excluding carboxylic acids is 2. The van der Waals surface area contributed by atoms with E-state index in [1.807, 2.05) is 33.3 Å². The van der Waals surface area contributed by atoms with Gasteiger partial charge in [-0.05, 0) is 76.7 Å². The van der Waals surface area contributed by atoms with Crippen molar-refractivity contribution in [2.75, 3.05) is 40.9 Å². The van der Waals surface area contributed by atoms with Crippen LogP contribution in [0.3, 0.4) is 0 Å². The Labute approximate surface area is 445 Å². The first-order valence-corrected chi connectivity index (χ1v) is 31.6. The van der Waals surface area contributed by atoms with Crippen LogP contribution in [0, 0.1) is 0 Å². The summed E-state index contributed by atoms with van der Waals surface area (Å²) in [5.41, 5.74) is 0. The zero-order valence-electron chi connectivity index (χ0n) is 47.9. The maximum Gasteiger partial charge on any atom is 0.306 e. The highest BCUT2D eigenvalue weighted by atomic mass is 31.2. The van der Waals surface area contributed by atoms with Crippen LogP contribution in [-0.4, -0.2) is 69.4 Å². The van der Waals surface area contributed by atoms with E-state index in [0.717, 1.165) is 77.0 Å². The summed E-state index contributed by atoms with van der Waals surface area (Å²) in [5.74, 6) is -0.571. The molecule has 0 spiro atoms. The Morgan fingerprint density at radius 1 is 0.486 bits per heavy atom. The number of esters is 1. The number of carbonyl (C=O) groups is 2. The summed E-state index contributed by atoms with van der Waals surface area (Å²) in [6, 6.07) is -0.900. The fraction of sp³-hybridized carbons (Fsp3) is 0.806. The number of hydrogen-bond donors (Lipinski definition) is 1. The number of ether oxygens (including phenoxy) is 1. The smallest absolute Gasteiger partial charge is 0.306 e. The third kappa shape index (κ3) is 52.6. The molecule has 0 radical (unpaired) electrons. The molecule has 3 unspecified atom stereocenters. The van der Waals surface area contributed by atoms with Crippen molar-refractivity contribution in [3.63, 3.8) is 0 Å². The van der Waals surface area contributed by atoms with E-state index in [9.17, 15) is 19.0 Å². The van der Waals surface area contributed by atoms with Crippen molar-refractivity contribution in [1.82, 2.24) is 5.32 Å². The predicted octanol–water partition coefficient (Wildman–Crippen LogP) is 17.6. The van der Waals surface area contributed by atoms with E-state index in [1.165, 1.54) is 154 Å². The van der Waals surface area contributed by atoms with Crippen molar-refractivity contribution in [2.45, 2.75) is 283 Å². The minimum atomic E-state index is -4.70. The van der Waals surface area contributed by atoms with E-state index in [2.05, 4.69) is 74.7 Å². The van der Waals surface area contributed by atoms with Crippen LogP contribution in [0.4, 0.5) is 0 Å². The maximum absolute atomic E-state index is 13.5. The Bertz CT molecular complexity index is 1420. The lowest BCUT2D eigenvalue weighted by atomic mass is 10.0. The highest BCUT2D eigenvalue weighted by Gasteiger charge is 2.27. The molecule has 72 heavy (non-hydrogen) atoms. The molecule has 420 valence electrons. The molecule has 10 heteroatoms. The number of hydrogen-bond acceptors (Lipinski definition) is 7. The molecule has 0 fully saturated rings. The van der Waals surface area contributed by atoms with Gasteiger partial charge in [0.25, 0.3) is 7.82 Å². The van der Waals surface area contributed by atoms with Gasteiger partial charge in [-0.1, -0.05) is 242 Å². The number of phosphoric acid groups is 1. The number of quaternary nitrogens is 1. The lowest BCUT2D eigenvalue weighted by Crippen LogP contribution is -2.47. The molecule has 0 saturated carbocycles. The zero-order chi connectivity index (χ0) is 52.9. The van der Waals surface area contributed by atoms with Crippen LogP contribution in [0.25, 0.3) is 0 Å². The molecule has 1 N–H and O–H groups in total. The van der Waals surface area contributed by atoms with Crippen LogP contribution in [0.5, 0.6) is 0 Å². The Balaban J connectivity index is 5.38. The van der Waals surface area contributed by atoms with Crippen LogP contribution >= 0.6 is 7.82 Å². The number of phosphoric ester groups is 1. The number of nitrogens with zero attached hydrogens (tertiary/aromatic N) is 1. The standard InChI is InChI=1S/C62H115N2O7P/c1-7-10-13-16-19-22-25-28-30-31-32-33-34-37-40-43-46-49-52-55-62(66)71-60(53-50-47-44-41-38-35-27-24-21-18-15-12-9-3)59(58-70-72(67,68)69-57-56-64(4,5)6)63-61(65)54-51-48-45-42-39-36-29-26-23-20-17-14-11-8-2/h19,22,28,30,32-33,37,40,50,53,59-60H,7-18,20-21,23-27,29,31,34-36,38-39,41-49,51-52,54-58H2,1-6H3,(H-,63,65,67,68)/b22-19-,30-28-,33-32-,40-37-,53-50+. The van der Waals surface area contributed by atoms with Crippen molar-refractivity contribution in [1.29, 1.82) is 0 Å².